The number of carbonyl (C=O) groups is 1. The van der Waals surface area contributed by atoms with Crippen molar-refractivity contribution in [2.24, 2.45) is 5.92 Å². The Bertz CT molecular complexity index is 540. The minimum Gasteiger partial charge on any atom is -0.454 e. The van der Waals surface area contributed by atoms with E-state index in [1.165, 1.54) is 25.7 Å². The van der Waals surface area contributed by atoms with Crippen molar-refractivity contribution in [2.75, 3.05) is 13.3 Å². The molecule has 1 heterocycles. The van der Waals surface area contributed by atoms with Gasteiger partial charge in [0, 0.05) is 13.0 Å². The zero-order chi connectivity index (χ0) is 16.1. The molecule has 2 N–H and O–H groups in total. The summed E-state index contributed by atoms with van der Waals surface area (Å²) >= 11 is 0. The summed E-state index contributed by atoms with van der Waals surface area (Å²) in [5.41, 5.74) is 0.787. The summed E-state index contributed by atoms with van der Waals surface area (Å²) in [5.74, 6) is 2.21. The van der Waals surface area contributed by atoms with Crippen LogP contribution >= 0.6 is 0 Å². The molecule has 0 saturated heterocycles. The molecule has 1 amide bonds. The highest BCUT2D eigenvalue weighted by Crippen LogP contribution is 2.34. The van der Waals surface area contributed by atoms with Crippen LogP contribution in [0, 0.1) is 5.92 Å². The monoisotopic (exact) mass is 319 g/mol. The Kier molecular flexibility index (Phi) is 5.39. The maximum atomic E-state index is 11.8. The number of ether oxygens (including phenoxy) is 2. The van der Waals surface area contributed by atoms with Gasteiger partial charge in [-0.3, -0.25) is 4.79 Å². The summed E-state index contributed by atoms with van der Waals surface area (Å²) < 4.78 is 10.6. The molecule has 0 spiro atoms. The van der Waals surface area contributed by atoms with Crippen LogP contribution in [-0.2, 0) is 4.79 Å². The molecule has 0 aromatic heterocycles. The lowest BCUT2D eigenvalue weighted by molar-refractivity contribution is -0.121. The molecule has 0 radical (unpaired) electrons. The van der Waals surface area contributed by atoms with E-state index in [-0.39, 0.29) is 12.7 Å². The molecule has 5 nitrogen and oxygen atoms in total. The van der Waals surface area contributed by atoms with Crippen LogP contribution in [0.2, 0.25) is 0 Å². The molecule has 0 bridgehead atoms. The average Bonchev–Trinajstić information content (AvgIpc) is 3.23. The number of fused-ring (bicyclic) bond motifs is 1. The first kappa shape index (κ1) is 16.1. The van der Waals surface area contributed by atoms with Crippen LogP contribution in [0.1, 0.15) is 56.6 Å². The lowest BCUT2D eigenvalue weighted by atomic mass is 10.0. The fraction of sp³-hybridized carbons (Fsp3) is 0.611. The largest absolute Gasteiger partial charge is 0.454 e. The van der Waals surface area contributed by atoms with Crippen molar-refractivity contribution >= 4 is 5.91 Å². The van der Waals surface area contributed by atoms with Gasteiger partial charge in [-0.25, -0.2) is 0 Å². The van der Waals surface area contributed by atoms with Gasteiger partial charge in [-0.1, -0.05) is 31.7 Å². The van der Waals surface area contributed by atoms with Crippen molar-refractivity contribution in [3.63, 3.8) is 0 Å². The van der Waals surface area contributed by atoms with Crippen molar-refractivity contribution in [1.82, 2.24) is 5.32 Å². The second-order valence-corrected chi connectivity index (χ2v) is 6.46. The molecule has 23 heavy (non-hydrogen) atoms. The summed E-state index contributed by atoms with van der Waals surface area (Å²) in [6.07, 6.45) is 6.66. The van der Waals surface area contributed by atoms with Crippen molar-refractivity contribution < 1.29 is 19.4 Å². The first-order chi connectivity index (χ1) is 11.2. The first-order valence-corrected chi connectivity index (χ1v) is 8.56. The fourth-order valence-corrected chi connectivity index (χ4v) is 3.36. The van der Waals surface area contributed by atoms with E-state index in [1.807, 2.05) is 6.07 Å². The average molecular weight is 319 g/mol. The molecule has 1 aromatic carbocycles. The molecule has 1 aliphatic heterocycles. The topological polar surface area (TPSA) is 67.8 Å². The molecule has 1 aromatic rings. The smallest absolute Gasteiger partial charge is 0.231 e. The minimum atomic E-state index is -0.611. The standard InChI is InChI=1S/C18H25NO4/c20-15(14-6-7-16-17(11-14)23-12-22-16)9-10-19-18(21)8-5-13-3-1-2-4-13/h6-7,11,13,15,20H,1-5,8-10,12H2,(H,19,21). The number of nitrogens with one attached hydrogen (secondary N) is 1. The number of hydrogen-bond acceptors (Lipinski definition) is 4. The highest BCUT2D eigenvalue weighted by molar-refractivity contribution is 5.75. The van der Waals surface area contributed by atoms with Gasteiger partial charge in [0.1, 0.15) is 0 Å². The van der Waals surface area contributed by atoms with E-state index in [2.05, 4.69) is 5.32 Å². The van der Waals surface area contributed by atoms with Gasteiger partial charge < -0.3 is 19.9 Å². The van der Waals surface area contributed by atoms with Crippen molar-refractivity contribution in [3.8, 4) is 11.5 Å². The summed E-state index contributed by atoms with van der Waals surface area (Å²) in [4.78, 5) is 11.8. The molecule has 3 rings (SSSR count). The third-order valence-corrected chi connectivity index (χ3v) is 4.78. The number of carbonyl (C=O) groups excluding carboxylic acids is 1. The predicted molar refractivity (Wildman–Crippen MR) is 86.3 cm³/mol. The number of rotatable bonds is 7. The van der Waals surface area contributed by atoms with Crippen LogP contribution in [-0.4, -0.2) is 24.4 Å². The van der Waals surface area contributed by atoms with Crippen LogP contribution < -0.4 is 14.8 Å². The van der Waals surface area contributed by atoms with Gasteiger partial charge in [-0.15, -0.1) is 0 Å². The fourth-order valence-electron chi connectivity index (χ4n) is 3.36. The molecule has 1 unspecified atom stereocenters. The van der Waals surface area contributed by atoms with Gasteiger partial charge in [-0.05, 0) is 36.5 Å². The Morgan fingerprint density at radius 1 is 1.26 bits per heavy atom. The number of amides is 1. The molecular formula is C18H25NO4. The van der Waals surface area contributed by atoms with Crippen LogP contribution in [0.3, 0.4) is 0 Å². The number of hydrogen-bond donors (Lipinski definition) is 2. The quantitative estimate of drug-likeness (QED) is 0.811. The zero-order valence-electron chi connectivity index (χ0n) is 13.4. The van der Waals surface area contributed by atoms with Crippen LogP contribution in [0.4, 0.5) is 0 Å². The Morgan fingerprint density at radius 3 is 2.87 bits per heavy atom. The molecule has 2 aliphatic rings. The van der Waals surface area contributed by atoms with Crippen LogP contribution in [0.25, 0.3) is 0 Å². The van der Waals surface area contributed by atoms with E-state index >= 15 is 0 Å². The van der Waals surface area contributed by atoms with Crippen LogP contribution in [0.15, 0.2) is 18.2 Å². The molecule has 1 saturated carbocycles. The Hall–Kier alpha value is -1.75. The Labute approximate surface area is 137 Å². The van der Waals surface area contributed by atoms with Gasteiger partial charge in [0.25, 0.3) is 0 Å². The third kappa shape index (κ3) is 4.38. The maximum Gasteiger partial charge on any atom is 0.231 e. The summed E-state index contributed by atoms with van der Waals surface area (Å²) in [5, 5.41) is 13.1. The number of aliphatic hydroxyl groups is 1. The van der Waals surface area contributed by atoms with Gasteiger partial charge >= 0.3 is 0 Å². The van der Waals surface area contributed by atoms with E-state index in [0.29, 0.717) is 30.9 Å². The Balaban J connectivity index is 1.37. The van der Waals surface area contributed by atoms with E-state index < -0.39 is 6.10 Å². The summed E-state index contributed by atoms with van der Waals surface area (Å²) in [7, 11) is 0. The molecule has 1 fully saturated rings. The highest BCUT2D eigenvalue weighted by atomic mass is 16.7. The molecule has 1 aliphatic carbocycles. The predicted octanol–water partition coefficient (Wildman–Crippen LogP) is 2.93. The van der Waals surface area contributed by atoms with E-state index in [4.69, 9.17) is 9.47 Å². The number of benzene rings is 1. The van der Waals surface area contributed by atoms with E-state index in [0.717, 1.165) is 17.9 Å². The molecular weight excluding hydrogens is 294 g/mol. The lowest BCUT2D eigenvalue weighted by Crippen LogP contribution is -2.25. The van der Waals surface area contributed by atoms with E-state index in [9.17, 15) is 9.90 Å². The van der Waals surface area contributed by atoms with Gasteiger partial charge in [-0.2, -0.15) is 0 Å². The van der Waals surface area contributed by atoms with Crippen LogP contribution in [0.5, 0.6) is 11.5 Å². The van der Waals surface area contributed by atoms with Gasteiger partial charge in [0.05, 0.1) is 6.10 Å². The molecule has 5 heteroatoms. The third-order valence-electron chi connectivity index (χ3n) is 4.78. The molecule has 1 atom stereocenters. The van der Waals surface area contributed by atoms with Gasteiger partial charge in [0.2, 0.25) is 12.7 Å². The lowest BCUT2D eigenvalue weighted by Gasteiger charge is -2.13. The maximum absolute atomic E-state index is 11.8. The van der Waals surface area contributed by atoms with Crippen molar-refractivity contribution in [2.45, 2.75) is 51.0 Å². The van der Waals surface area contributed by atoms with Crippen molar-refractivity contribution in [3.05, 3.63) is 23.8 Å². The van der Waals surface area contributed by atoms with E-state index in [1.54, 1.807) is 12.1 Å². The number of aliphatic hydroxyl groups excluding tert-OH is 1. The summed E-state index contributed by atoms with van der Waals surface area (Å²) in [6, 6.07) is 5.44. The minimum absolute atomic E-state index is 0.0924. The van der Waals surface area contributed by atoms with Crippen molar-refractivity contribution in [1.29, 1.82) is 0 Å². The second kappa shape index (κ2) is 7.68. The normalized spacial score (nSPS) is 18.1. The second-order valence-electron chi connectivity index (χ2n) is 6.46. The SMILES string of the molecule is O=C(CCC1CCCC1)NCCC(O)c1ccc2c(c1)OCO2. The Morgan fingerprint density at radius 2 is 2.04 bits per heavy atom. The molecule has 126 valence electrons. The summed E-state index contributed by atoms with van der Waals surface area (Å²) in [6.45, 7) is 0.713. The highest BCUT2D eigenvalue weighted by Gasteiger charge is 2.18. The zero-order valence-corrected chi connectivity index (χ0v) is 13.4. The first-order valence-electron chi connectivity index (χ1n) is 8.56. The van der Waals surface area contributed by atoms with Gasteiger partial charge in [0.15, 0.2) is 11.5 Å².